The highest BCUT2D eigenvalue weighted by Gasteiger charge is 2.18. The molecule has 2 N–H and O–H groups in total. The number of aromatic hydroxyl groups is 1. The molecule has 7 nitrogen and oxygen atoms in total. The lowest BCUT2D eigenvalue weighted by Gasteiger charge is -2.27. The van der Waals surface area contributed by atoms with Crippen LogP contribution in [0.15, 0.2) is 41.6 Å². The van der Waals surface area contributed by atoms with E-state index in [-0.39, 0.29) is 22.5 Å². The molecule has 1 aromatic heterocycles. The van der Waals surface area contributed by atoms with Crippen molar-refractivity contribution >= 4 is 42.9 Å². The Labute approximate surface area is 191 Å². The van der Waals surface area contributed by atoms with Gasteiger partial charge in [0, 0.05) is 18.7 Å². The van der Waals surface area contributed by atoms with Crippen molar-refractivity contribution in [1.82, 2.24) is 9.97 Å². The Balaban J connectivity index is 1.56. The molecule has 4 rings (SSSR count). The highest BCUT2D eigenvalue weighted by molar-refractivity contribution is 6.43. The molecule has 10 heteroatoms. The summed E-state index contributed by atoms with van der Waals surface area (Å²) in [5, 5.41) is 14.8. The molecule has 1 aliphatic rings. The largest absolute Gasteiger partial charge is 0.506 e. The fourth-order valence-corrected chi connectivity index (χ4v) is 3.79. The Hall–Kier alpha value is -3.17. The number of hydrogen-bond acceptors (Lipinski definition) is 7. The molecule has 2 radical (unpaired) electrons. The number of ether oxygens (including phenoxy) is 1. The molecule has 3 aromatic rings. The number of rotatable bonds is 5. The summed E-state index contributed by atoms with van der Waals surface area (Å²) in [7, 11) is 6.23. The van der Waals surface area contributed by atoms with E-state index in [0.29, 0.717) is 42.9 Å². The van der Waals surface area contributed by atoms with E-state index in [4.69, 9.17) is 24.2 Å². The maximum Gasteiger partial charge on any atom is 0.245 e. The third kappa shape index (κ3) is 4.54. The van der Waals surface area contributed by atoms with Crippen LogP contribution in [0.25, 0.3) is 11.1 Å². The van der Waals surface area contributed by atoms with E-state index in [2.05, 4.69) is 20.5 Å². The zero-order valence-electron chi connectivity index (χ0n) is 17.3. The number of nitrogens with one attached hydrogen (secondary N) is 1. The summed E-state index contributed by atoms with van der Waals surface area (Å²) in [4.78, 5) is 9.88. The average molecular weight is 452 g/mol. The van der Waals surface area contributed by atoms with Gasteiger partial charge in [-0.2, -0.15) is 10.1 Å². The number of aryl methyl sites for hydroxylation is 1. The van der Waals surface area contributed by atoms with Crippen LogP contribution >= 0.6 is 11.6 Å². The lowest BCUT2D eigenvalue weighted by molar-refractivity contribution is 0.122. The van der Waals surface area contributed by atoms with Gasteiger partial charge < -0.3 is 14.7 Å². The molecule has 1 fully saturated rings. The maximum absolute atomic E-state index is 14.2. The standard InChI is InChI=1S/C22H20BClFN5O2/c1-13-4-2-3-5-15(13)18-16(23)10-14(20(31)19(18)24)11-27-29-22-26-12-17(25)21(28-22)30-6-8-32-9-7-30/h2-5,10-12,31H,6-9H2,1H3,(H,26,28,29)/b27-11-. The Kier molecular flexibility index (Phi) is 6.57. The Bertz CT molecular complexity index is 1170. The predicted molar refractivity (Wildman–Crippen MR) is 125 cm³/mol. The molecule has 2 heterocycles. The third-order valence-electron chi connectivity index (χ3n) is 5.12. The molecule has 32 heavy (non-hydrogen) atoms. The van der Waals surface area contributed by atoms with Crippen molar-refractivity contribution in [3.63, 3.8) is 0 Å². The van der Waals surface area contributed by atoms with Crippen molar-refractivity contribution in [2.75, 3.05) is 36.6 Å². The summed E-state index contributed by atoms with van der Waals surface area (Å²) >= 11 is 6.44. The zero-order chi connectivity index (χ0) is 22.7. The van der Waals surface area contributed by atoms with Crippen LogP contribution in [0.3, 0.4) is 0 Å². The van der Waals surface area contributed by atoms with E-state index in [1.807, 2.05) is 31.2 Å². The van der Waals surface area contributed by atoms with Crippen molar-refractivity contribution in [2.24, 2.45) is 5.10 Å². The van der Waals surface area contributed by atoms with Gasteiger partial charge in [0.25, 0.3) is 0 Å². The minimum atomic E-state index is -0.523. The smallest absolute Gasteiger partial charge is 0.245 e. The van der Waals surface area contributed by atoms with Crippen LogP contribution in [0.2, 0.25) is 5.02 Å². The third-order valence-corrected chi connectivity index (χ3v) is 5.49. The van der Waals surface area contributed by atoms with Crippen molar-refractivity contribution in [3.05, 3.63) is 58.5 Å². The van der Waals surface area contributed by atoms with Gasteiger partial charge in [-0.1, -0.05) is 47.4 Å². The number of benzene rings is 2. The van der Waals surface area contributed by atoms with Crippen molar-refractivity contribution in [1.29, 1.82) is 0 Å². The molecule has 0 aliphatic carbocycles. The first-order valence-corrected chi connectivity index (χ1v) is 10.3. The first-order chi connectivity index (χ1) is 15.5. The van der Waals surface area contributed by atoms with E-state index in [9.17, 15) is 9.50 Å². The number of phenolic OH excluding ortho intramolecular Hbond substituents is 1. The fraction of sp³-hybridized carbons (Fsp3) is 0.227. The molecular weight excluding hydrogens is 432 g/mol. The van der Waals surface area contributed by atoms with Crippen LogP contribution < -0.4 is 15.8 Å². The molecule has 2 aromatic carbocycles. The number of aromatic nitrogens is 2. The van der Waals surface area contributed by atoms with Crippen LogP contribution in [-0.2, 0) is 4.74 Å². The van der Waals surface area contributed by atoms with Crippen LogP contribution in [0, 0.1) is 12.7 Å². The number of phenols is 1. The quantitative estimate of drug-likeness (QED) is 0.352. The number of nitrogens with zero attached hydrogens (tertiary/aromatic N) is 4. The van der Waals surface area contributed by atoms with Gasteiger partial charge in [-0.25, -0.2) is 14.8 Å². The molecule has 0 unspecified atom stereocenters. The van der Waals surface area contributed by atoms with Gasteiger partial charge in [0.05, 0.1) is 30.6 Å². The average Bonchev–Trinajstić information content (AvgIpc) is 2.80. The Morgan fingerprint density at radius 1 is 1.31 bits per heavy atom. The Morgan fingerprint density at radius 3 is 2.81 bits per heavy atom. The zero-order valence-corrected chi connectivity index (χ0v) is 18.1. The van der Waals surface area contributed by atoms with Gasteiger partial charge in [0.1, 0.15) is 13.6 Å². The molecule has 0 spiro atoms. The summed E-state index contributed by atoms with van der Waals surface area (Å²) in [6, 6.07) is 9.20. The van der Waals surface area contributed by atoms with Gasteiger partial charge in [0.15, 0.2) is 11.6 Å². The molecule has 1 aliphatic heterocycles. The highest BCUT2D eigenvalue weighted by Crippen LogP contribution is 2.36. The molecular formula is C22H20BClFN5O2. The summed E-state index contributed by atoms with van der Waals surface area (Å²) in [6.07, 6.45) is 2.43. The molecule has 0 saturated carbocycles. The molecule has 0 amide bonds. The minimum absolute atomic E-state index is 0.110. The second kappa shape index (κ2) is 9.54. The minimum Gasteiger partial charge on any atom is -0.506 e. The first-order valence-electron chi connectivity index (χ1n) is 9.97. The summed E-state index contributed by atoms with van der Waals surface area (Å²) in [5.74, 6) is -0.387. The number of anilines is 2. The van der Waals surface area contributed by atoms with Crippen molar-refractivity contribution in [3.8, 4) is 16.9 Å². The van der Waals surface area contributed by atoms with Gasteiger partial charge in [-0.3, -0.25) is 0 Å². The van der Waals surface area contributed by atoms with E-state index < -0.39 is 5.82 Å². The number of morpholine rings is 1. The SMILES string of the molecule is [B]c1cc(/C=N\Nc2ncc(F)c(N3CCOCC3)n2)c(O)c(Cl)c1-c1ccccc1C. The number of halogens is 2. The molecule has 0 bridgehead atoms. The van der Waals surface area contributed by atoms with Gasteiger partial charge in [0.2, 0.25) is 5.95 Å². The predicted octanol–water partition coefficient (Wildman–Crippen LogP) is 3.03. The second-order valence-corrected chi connectivity index (χ2v) is 7.62. The molecule has 162 valence electrons. The fourth-order valence-electron chi connectivity index (χ4n) is 3.47. The van der Waals surface area contributed by atoms with Crippen LogP contribution in [0.5, 0.6) is 5.75 Å². The van der Waals surface area contributed by atoms with Crippen molar-refractivity contribution in [2.45, 2.75) is 6.92 Å². The maximum atomic E-state index is 14.2. The normalized spacial score (nSPS) is 14.2. The van der Waals surface area contributed by atoms with E-state index in [1.54, 1.807) is 11.0 Å². The van der Waals surface area contributed by atoms with E-state index in [1.165, 1.54) is 6.21 Å². The Morgan fingerprint density at radius 2 is 2.06 bits per heavy atom. The summed E-state index contributed by atoms with van der Waals surface area (Å²) in [5.41, 5.74) is 5.74. The highest BCUT2D eigenvalue weighted by atomic mass is 35.5. The lowest BCUT2D eigenvalue weighted by Crippen LogP contribution is -2.37. The van der Waals surface area contributed by atoms with Crippen molar-refractivity contribution < 1.29 is 14.2 Å². The van der Waals surface area contributed by atoms with E-state index >= 15 is 0 Å². The summed E-state index contributed by atoms with van der Waals surface area (Å²) < 4.78 is 19.4. The first kappa shape index (κ1) is 22.0. The lowest BCUT2D eigenvalue weighted by atomic mass is 9.84. The second-order valence-electron chi connectivity index (χ2n) is 7.24. The topological polar surface area (TPSA) is 82.9 Å². The van der Waals surface area contributed by atoms with Crippen LogP contribution in [0.1, 0.15) is 11.1 Å². The van der Waals surface area contributed by atoms with Crippen LogP contribution in [0.4, 0.5) is 16.2 Å². The monoisotopic (exact) mass is 451 g/mol. The van der Waals surface area contributed by atoms with Crippen LogP contribution in [-0.4, -0.2) is 55.4 Å². The van der Waals surface area contributed by atoms with Gasteiger partial charge in [-0.15, -0.1) is 0 Å². The molecule has 1 saturated heterocycles. The van der Waals surface area contributed by atoms with Gasteiger partial charge in [-0.05, 0) is 23.6 Å². The number of hydrazone groups is 1. The molecule has 0 atom stereocenters. The van der Waals surface area contributed by atoms with E-state index in [0.717, 1.165) is 17.3 Å². The number of hydrogen-bond donors (Lipinski definition) is 2. The van der Waals surface area contributed by atoms with Gasteiger partial charge >= 0.3 is 0 Å². The summed E-state index contributed by atoms with van der Waals surface area (Å²) in [6.45, 7) is 4.02.